The summed E-state index contributed by atoms with van der Waals surface area (Å²) in [6.45, 7) is 7.58. The summed E-state index contributed by atoms with van der Waals surface area (Å²) in [5.74, 6) is -0.978. The van der Waals surface area contributed by atoms with E-state index in [9.17, 15) is 9.59 Å². The lowest BCUT2D eigenvalue weighted by atomic mass is 10.2. The standard InChI is InChI=1S/C12H24N2O4/c1-5-10(11(15)16)13(4)12(17)14(6-2)8-9-18-7-3/h10H,5-9H2,1-4H3,(H,15,16). The first-order chi connectivity index (χ1) is 8.49. The molecule has 0 aromatic heterocycles. The fourth-order valence-electron chi connectivity index (χ4n) is 1.68. The molecule has 6 nitrogen and oxygen atoms in total. The first kappa shape index (κ1) is 16.7. The van der Waals surface area contributed by atoms with Crippen molar-refractivity contribution in [1.82, 2.24) is 9.80 Å². The third-order valence-corrected chi connectivity index (χ3v) is 2.80. The maximum absolute atomic E-state index is 12.1. The Hall–Kier alpha value is -1.30. The van der Waals surface area contributed by atoms with Gasteiger partial charge in [0.2, 0.25) is 0 Å². The van der Waals surface area contributed by atoms with Gasteiger partial charge in [-0.1, -0.05) is 6.92 Å². The second kappa shape index (κ2) is 8.74. The van der Waals surface area contributed by atoms with Crippen LogP contribution in [0.4, 0.5) is 4.79 Å². The number of urea groups is 1. The molecule has 0 aliphatic carbocycles. The predicted octanol–water partition coefficient (Wildman–Crippen LogP) is 1.26. The molecule has 0 radical (unpaired) electrons. The van der Waals surface area contributed by atoms with Gasteiger partial charge in [0.15, 0.2) is 0 Å². The summed E-state index contributed by atoms with van der Waals surface area (Å²) in [6, 6.07) is -1.05. The second-order valence-electron chi connectivity index (χ2n) is 3.93. The highest BCUT2D eigenvalue weighted by Crippen LogP contribution is 2.06. The molecule has 1 unspecified atom stereocenters. The summed E-state index contributed by atoms with van der Waals surface area (Å²) < 4.78 is 5.20. The molecule has 0 aliphatic rings. The van der Waals surface area contributed by atoms with E-state index in [1.54, 1.807) is 11.8 Å². The molecule has 0 aromatic rings. The van der Waals surface area contributed by atoms with E-state index in [0.29, 0.717) is 32.7 Å². The Morgan fingerprint density at radius 2 is 1.89 bits per heavy atom. The summed E-state index contributed by atoms with van der Waals surface area (Å²) >= 11 is 0. The maximum atomic E-state index is 12.1. The Morgan fingerprint density at radius 1 is 1.28 bits per heavy atom. The van der Waals surface area contributed by atoms with Gasteiger partial charge in [-0.15, -0.1) is 0 Å². The quantitative estimate of drug-likeness (QED) is 0.667. The third-order valence-electron chi connectivity index (χ3n) is 2.80. The summed E-state index contributed by atoms with van der Waals surface area (Å²) in [4.78, 5) is 26.0. The van der Waals surface area contributed by atoms with Gasteiger partial charge in [-0.2, -0.15) is 0 Å². The van der Waals surface area contributed by atoms with E-state index >= 15 is 0 Å². The van der Waals surface area contributed by atoms with E-state index < -0.39 is 12.0 Å². The minimum atomic E-state index is -0.978. The van der Waals surface area contributed by atoms with Crippen molar-refractivity contribution in [3.63, 3.8) is 0 Å². The number of carbonyl (C=O) groups is 2. The molecule has 0 spiro atoms. The zero-order valence-electron chi connectivity index (χ0n) is 11.7. The number of ether oxygens (including phenoxy) is 1. The first-order valence-corrected chi connectivity index (χ1v) is 6.31. The normalized spacial score (nSPS) is 12.0. The van der Waals surface area contributed by atoms with Crippen LogP contribution in [0.5, 0.6) is 0 Å². The Kier molecular flexibility index (Phi) is 8.11. The molecular weight excluding hydrogens is 236 g/mol. The van der Waals surface area contributed by atoms with Gasteiger partial charge in [0, 0.05) is 26.7 Å². The van der Waals surface area contributed by atoms with Gasteiger partial charge in [-0.05, 0) is 20.3 Å². The van der Waals surface area contributed by atoms with E-state index in [2.05, 4.69) is 0 Å². The number of carboxylic acids is 1. The van der Waals surface area contributed by atoms with Crippen molar-refractivity contribution in [3.8, 4) is 0 Å². The predicted molar refractivity (Wildman–Crippen MR) is 68.6 cm³/mol. The van der Waals surface area contributed by atoms with Gasteiger partial charge in [0.05, 0.1) is 6.61 Å². The summed E-state index contributed by atoms with van der Waals surface area (Å²) in [6.07, 6.45) is 0.389. The number of rotatable bonds is 8. The molecule has 0 saturated carbocycles. The van der Waals surface area contributed by atoms with Gasteiger partial charge in [0.1, 0.15) is 6.04 Å². The Morgan fingerprint density at radius 3 is 2.28 bits per heavy atom. The van der Waals surface area contributed by atoms with Crippen molar-refractivity contribution in [3.05, 3.63) is 0 Å². The molecule has 106 valence electrons. The number of aliphatic carboxylic acids is 1. The molecule has 0 rings (SSSR count). The molecule has 2 amide bonds. The molecule has 0 fully saturated rings. The number of hydrogen-bond acceptors (Lipinski definition) is 3. The minimum absolute atomic E-state index is 0.272. The van der Waals surface area contributed by atoms with Gasteiger partial charge in [-0.3, -0.25) is 0 Å². The molecule has 1 N–H and O–H groups in total. The third kappa shape index (κ3) is 4.91. The van der Waals surface area contributed by atoms with E-state index in [1.807, 2.05) is 13.8 Å². The van der Waals surface area contributed by atoms with Crippen molar-refractivity contribution < 1.29 is 19.4 Å². The zero-order valence-corrected chi connectivity index (χ0v) is 11.7. The molecular formula is C12H24N2O4. The number of carboxylic acid groups (broad SMARTS) is 1. The molecule has 6 heteroatoms. The average molecular weight is 260 g/mol. The van der Waals surface area contributed by atoms with Crippen LogP contribution >= 0.6 is 0 Å². The second-order valence-corrected chi connectivity index (χ2v) is 3.93. The molecule has 0 saturated heterocycles. The topological polar surface area (TPSA) is 70.1 Å². The molecule has 18 heavy (non-hydrogen) atoms. The first-order valence-electron chi connectivity index (χ1n) is 6.31. The van der Waals surface area contributed by atoms with Crippen LogP contribution in [-0.4, -0.2) is 66.3 Å². The molecule has 0 bridgehead atoms. The molecule has 0 heterocycles. The highest BCUT2D eigenvalue weighted by atomic mass is 16.5. The number of carbonyl (C=O) groups excluding carboxylic acids is 1. The van der Waals surface area contributed by atoms with Gasteiger partial charge in [-0.25, -0.2) is 9.59 Å². The SMILES string of the molecule is CCOCCN(CC)C(=O)N(C)C(CC)C(=O)O. The lowest BCUT2D eigenvalue weighted by Gasteiger charge is -2.30. The number of likely N-dealkylation sites (N-methyl/N-ethyl adjacent to an activating group) is 2. The van der Waals surface area contributed by atoms with Crippen LogP contribution in [0.15, 0.2) is 0 Å². The van der Waals surface area contributed by atoms with Crippen LogP contribution in [0.2, 0.25) is 0 Å². The summed E-state index contributed by atoms with van der Waals surface area (Å²) in [5.41, 5.74) is 0. The monoisotopic (exact) mass is 260 g/mol. The minimum Gasteiger partial charge on any atom is -0.480 e. The van der Waals surface area contributed by atoms with Gasteiger partial charge >= 0.3 is 12.0 Å². The number of nitrogens with zero attached hydrogens (tertiary/aromatic N) is 2. The van der Waals surface area contributed by atoms with E-state index in [4.69, 9.17) is 9.84 Å². The fraction of sp³-hybridized carbons (Fsp3) is 0.833. The van der Waals surface area contributed by atoms with Gasteiger partial charge in [0.25, 0.3) is 0 Å². The van der Waals surface area contributed by atoms with Crippen LogP contribution in [0, 0.1) is 0 Å². The lowest BCUT2D eigenvalue weighted by Crippen LogP contribution is -2.49. The van der Waals surface area contributed by atoms with Crippen molar-refractivity contribution in [1.29, 1.82) is 0 Å². The average Bonchev–Trinajstić information content (AvgIpc) is 2.34. The van der Waals surface area contributed by atoms with E-state index in [1.165, 1.54) is 11.9 Å². The number of hydrogen-bond donors (Lipinski definition) is 1. The summed E-state index contributed by atoms with van der Waals surface area (Å²) in [5, 5.41) is 9.02. The van der Waals surface area contributed by atoms with Crippen LogP contribution < -0.4 is 0 Å². The molecule has 1 atom stereocenters. The fourth-order valence-corrected chi connectivity index (χ4v) is 1.68. The Labute approximate surface area is 109 Å². The largest absolute Gasteiger partial charge is 0.480 e. The zero-order chi connectivity index (χ0) is 14.1. The maximum Gasteiger partial charge on any atom is 0.326 e. The lowest BCUT2D eigenvalue weighted by molar-refractivity contribution is -0.142. The van der Waals surface area contributed by atoms with Crippen molar-refractivity contribution in [2.45, 2.75) is 33.2 Å². The van der Waals surface area contributed by atoms with Crippen LogP contribution in [-0.2, 0) is 9.53 Å². The summed E-state index contributed by atoms with van der Waals surface area (Å²) in [7, 11) is 1.52. The Bertz CT molecular complexity index is 271. The van der Waals surface area contributed by atoms with Crippen molar-refractivity contribution >= 4 is 12.0 Å². The van der Waals surface area contributed by atoms with Crippen LogP contribution in [0.1, 0.15) is 27.2 Å². The molecule has 0 aliphatic heterocycles. The molecule has 0 aromatic carbocycles. The van der Waals surface area contributed by atoms with E-state index in [0.717, 1.165) is 0 Å². The van der Waals surface area contributed by atoms with Gasteiger partial charge < -0.3 is 19.6 Å². The Balaban J connectivity index is 4.51. The number of amides is 2. The highest BCUT2D eigenvalue weighted by Gasteiger charge is 2.27. The smallest absolute Gasteiger partial charge is 0.326 e. The highest BCUT2D eigenvalue weighted by molar-refractivity contribution is 5.82. The van der Waals surface area contributed by atoms with E-state index in [-0.39, 0.29) is 6.03 Å². The van der Waals surface area contributed by atoms with Crippen molar-refractivity contribution in [2.24, 2.45) is 0 Å². The van der Waals surface area contributed by atoms with Crippen LogP contribution in [0.3, 0.4) is 0 Å². The van der Waals surface area contributed by atoms with Crippen molar-refractivity contribution in [2.75, 3.05) is 33.4 Å². The van der Waals surface area contributed by atoms with Crippen LogP contribution in [0.25, 0.3) is 0 Å².